The number of piperidine rings is 1. The van der Waals surface area contributed by atoms with Gasteiger partial charge in [-0.25, -0.2) is 13.2 Å². The largest absolute Gasteiger partial charge is 0.497 e. The van der Waals surface area contributed by atoms with Crippen molar-refractivity contribution in [2.24, 2.45) is 5.41 Å². The molecule has 1 saturated heterocycles. The summed E-state index contributed by atoms with van der Waals surface area (Å²) in [6.45, 7) is 1.13. The zero-order valence-electron chi connectivity index (χ0n) is 21.5. The highest BCUT2D eigenvalue weighted by molar-refractivity contribution is 7.99. The van der Waals surface area contributed by atoms with E-state index in [1.807, 2.05) is 4.90 Å². The van der Waals surface area contributed by atoms with Crippen LogP contribution in [-0.2, 0) is 11.4 Å². The summed E-state index contributed by atoms with van der Waals surface area (Å²) in [5, 5.41) is 31.8. The summed E-state index contributed by atoms with van der Waals surface area (Å²) in [6.07, 6.45) is 1.62. The summed E-state index contributed by atoms with van der Waals surface area (Å²) in [7, 11) is 1.53. The molecule has 0 aliphatic carbocycles. The minimum atomic E-state index is -1.03. The third kappa shape index (κ3) is 6.49. The van der Waals surface area contributed by atoms with Crippen molar-refractivity contribution < 1.29 is 38.0 Å². The first-order valence-corrected chi connectivity index (χ1v) is 13.6. The Kier molecular flexibility index (Phi) is 9.37. The van der Waals surface area contributed by atoms with Crippen molar-refractivity contribution >= 4 is 28.6 Å². The smallest absolute Gasteiger partial charge is 0.309 e. The first kappa shape index (κ1) is 29.1. The number of aliphatic hydroxyl groups is 2. The molecular formula is C28H31F3N2O5S. The number of thioether (sulfide) groups is 1. The molecule has 11 heteroatoms. The van der Waals surface area contributed by atoms with Gasteiger partial charge in [-0.05, 0) is 62.5 Å². The van der Waals surface area contributed by atoms with Gasteiger partial charge in [0.05, 0.1) is 35.6 Å². The van der Waals surface area contributed by atoms with E-state index in [1.54, 1.807) is 18.2 Å². The molecule has 1 aliphatic heterocycles. The number of carboxylic acid groups (broad SMARTS) is 1. The highest BCUT2D eigenvalue weighted by Crippen LogP contribution is 2.40. The van der Waals surface area contributed by atoms with Crippen LogP contribution in [0.1, 0.15) is 42.9 Å². The zero-order chi connectivity index (χ0) is 28.2. The van der Waals surface area contributed by atoms with Crippen LogP contribution in [0.15, 0.2) is 41.4 Å². The molecule has 210 valence electrons. The summed E-state index contributed by atoms with van der Waals surface area (Å²) in [4.78, 5) is 18.5. The molecule has 7 nitrogen and oxygen atoms in total. The summed E-state index contributed by atoms with van der Waals surface area (Å²) < 4.78 is 46.2. The Bertz CT molecular complexity index is 1310. The van der Waals surface area contributed by atoms with E-state index in [-0.39, 0.29) is 24.3 Å². The van der Waals surface area contributed by atoms with E-state index in [1.165, 1.54) is 13.3 Å². The molecule has 1 atom stereocenters. The minimum Gasteiger partial charge on any atom is -0.497 e. The standard InChI is InChI=1S/C28H31F3N2O5S/c1-38-19-2-3-23-20(14-19)25(17(16-34)15-32-23)24(35)4-5-28(27(36)37)6-8-33(9-7-28)10-11-39-26-21(30)12-18(29)13-22(26)31/h2-3,12-15,24,34-35H,4-11,16H2,1H3,(H,36,37). The molecule has 0 saturated carbocycles. The highest BCUT2D eigenvalue weighted by Gasteiger charge is 2.41. The lowest BCUT2D eigenvalue weighted by molar-refractivity contribution is -0.153. The van der Waals surface area contributed by atoms with Gasteiger partial charge >= 0.3 is 5.97 Å². The van der Waals surface area contributed by atoms with Crippen LogP contribution in [-0.4, -0.2) is 63.7 Å². The van der Waals surface area contributed by atoms with Crippen molar-refractivity contribution in [1.82, 2.24) is 9.88 Å². The number of methoxy groups -OCH3 is 1. The third-order valence-electron chi connectivity index (χ3n) is 7.48. The molecule has 0 amide bonds. The number of likely N-dealkylation sites (tertiary alicyclic amines) is 1. The summed E-state index contributed by atoms with van der Waals surface area (Å²) in [5.41, 5.74) is 0.576. The Morgan fingerprint density at radius 1 is 1.18 bits per heavy atom. The number of nitrogens with zero attached hydrogens (tertiary/aromatic N) is 2. The molecule has 2 aromatic carbocycles. The Balaban J connectivity index is 1.39. The Morgan fingerprint density at radius 3 is 2.49 bits per heavy atom. The van der Waals surface area contributed by atoms with Crippen LogP contribution in [0.5, 0.6) is 5.75 Å². The fourth-order valence-corrected chi connectivity index (χ4v) is 6.10. The average molecular weight is 565 g/mol. The predicted octanol–water partition coefficient (Wildman–Crippen LogP) is 4.93. The number of fused-ring (bicyclic) bond motifs is 1. The average Bonchev–Trinajstić information content (AvgIpc) is 2.92. The van der Waals surface area contributed by atoms with Crippen molar-refractivity contribution in [3.8, 4) is 5.75 Å². The van der Waals surface area contributed by atoms with Gasteiger partial charge in [-0.3, -0.25) is 9.78 Å². The number of halogens is 3. The van der Waals surface area contributed by atoms with Gasteiger partial charge in [0.2, 0.25) is 0 Å². The summed E-state index contributed by atoms with van der Waals surface area (Å²) in [5.74, 6) is -2.84. The number of carbonyl (C=O) groups is 1. The maximum atomic E-state index is 13.9. The molecular weight excluding hydrogens is 533 g/mol. The van der Waals surface area contributed by atoms with Gasteiger partial charge < -0.3 is 25.0 Å². The maximum absolute atomic E-state index is 13.9. The van der Waals surface area contributed by atoms with Gasteiger partial charge in [-0.1, -0.05) is 0 Å². The second-order valence-electron chi connectivity index (χ2n) is 9.77. The molecule has 0 bridgehead atoms. The maximum Gasteiger partial charge on any atom is 0.309 e. The fraction of sp³-hybridized carbons (Fsp3) is 0.429. The van der Waals surface area contributed by atoms with E-state index in [9.17, 15) is 33.3 Å². The number of carboxylic acids is 1. The van der Waals surface area contributed by atoms with Crippen LogP contribution < -0.4 is 4.74 Å². The van der Waals surface area contributed by atoms with Gasteiger partial charge in [0.1, 0.15) is 23.2 Å². The van der Waals surface area contributed by atoms with Gasteiger partial charge in [0.25, 0.3) is 0 Å². The van der Waals surface area contributed by atoms with Crippen molar-refractivity contribution in [1.29, 1.82) is 0 Å². The van der Waals surface area contributed by atoms with E-state index >= 15 is 0 Å². The normalized spacial score (nSPS) is 16.4. The van der Waals surface area contributed by atoms with Crippen LogP contribution in [0.25, 0.3) is 10.9 Å². The number of ether oxygens (including phenoxy) is 1. The predicted molar refractivity (Wildman–Crippen MR) is 141 cm³/mol. The monoisotopic (exact) mass is 564 g/mol. The van der Waals surface area contributed by atoms with E-state index in [4.69, 9.17) is 4.74 Å². The molecule has 3 N–H and O–H groups in total. The summed E-state index contributed by atoms with van der Waals surface area (Å²) >= 11 is 0.959. The number of aliphatic carboxylic acids is 1. The quantitative estimate of drug-likeness (QED) is 0.282. The Hall–Kier alpha value is -2.86. The Labute approximate surface area is 228 Å². The molecule has 39 heavy (non-hydrogen) atoms. The molecule has 1 aromatic heterocycles. The second kappa shape index (κ2) is 12.5. The van der Waals surface area contributed by atoms with Gasteiger partial charge in [0, 0.05) is 41.6 Å². The van der Waals surface area contributed by atoms with Crippen molar-refractivity contribution in [3.63, 3.8) is 0 Å². The van der Waals surface area contributed by atoms with Crippen LogP contribution in [0.2, 0.25) is 0 Å². The van der Waals surface area contributed by atoms with Gasteiger partial charge in [-0.15, -0.1) is 11.8 Å². The van der Waals surface area contributed by atoms with Crippen molar-refractivity contribution in [2.45, 2.75) is 43.3 Å². The lowest BCUT2D eigenvalue weighted by Gasteiger charge is -2.39. The molecule has 1 aliphatic rings. The van der Waals surface area contributed by atoms with Gasteiger partial charge in [-0.2, -0.15) is 0 Å². The van der Waals surface area contributed by atoms with E-state index in [0.29, 0.717) is 78.1 Å². The molecule has 1 unspecified atom stereocenters. The lowest BCUT2D eigenvalue weighted by Crippen LogP contribution is -2.45. The van der Waals surface area contributed by atoms with Crippen LogP contribution in [0.3, 0.4) is 0 Å². The minimum absolute atomic E-state index is 0.175. The number of aromatic nitrogens is 1. The molecule has 4 rings (SSSR count). The number of rotatable bonds is 11. The van der Waals surface area contributed by atoms with Crippen molar-refractivity contribution in [3.05, 3.63) is 65.1 Å². The third-order valence-corrected chi connectivity index (χ3v) is 8.55. The fourth-order valence-electron chi connectivity index (χ4n) is 5.16. The van der Waals surface area contributed by atoms with E-state index in [2.05, 4.69) is 4.98 Å². The molecule has 0 spiro atoms. The lowest BCUT2D eigenvalue weighted by atomic mass is 9.74. The first-order valence-electron chi connectivity index (χ1n) is 12.6. The molecule has 1 fully saturated rings. The topological polar surface area (TPSA) is 103 Å². The van der Waals surface area contributed by atoms with E-state index < -0.39 is 34.9 Å². The molecule has 2 heterocycles. The number of hydrogen-bond acceptors (Lipinski definition) is 7. The number of benzene rings is 2. The number of aliphatic hydroxyl groups excluding tert-OH is 2. The highest BCUT2D eigenvalue weighted by atomic mass is 32.2. The Morgan fingerprint density at radius 2 is 1.87 bits per heavy atom. The van der Waals surface area contributed by atoms with Crippen molar-refractivity contribution in [2.75, 3.05) is 32.5 Å². The van der Waals surface area contributed by atoms with Gasteiger partial charge in [0.15, 0.2) is 0 Å². The molecule has 0 radical (unpaired) electrons. The SMILES string of the molecule is COc1ccc2ncc(CO)c(C(O)CCC3(C(=O)O)CCN(CCSc4c(F)cc(F)cc4F)CC3)c2c1. The second-order valence-corrected chi connectivity index (χ2v) is 10.9. The van der Waals surface area contributed by atoms with Crippen LogP contribution >= 0.6 is 11.8 Å². The van der Waals surface area contributed by atoms with Crippen LogP contribution in [0.4, 0.5) is 13.2 Å². The zero-order valence-corrected chi connectivity index (χ0v) is 22.3. The van der Waals surface area contributed by atoms with Crippen LogP contribution in [0, 0.1) is 22.9 Å². The number of pyridine rings is 1. The number of hydrogen-bond donors (Lipinski definition) is 3. The van der Waals surface area contributed by atoms with E-state index in [0.717, 1.165) is 11.8 Å². The summed E-state index contributed by atoms with van der Waals surface area (Å²) in [6, 6.07) is 6.56. The first-order chi connectivity index (χ1) is 18.7. The molecule has 3 aromatic rings.